The number of aliphatic carboxylic acids is 2. The van der Waals surface area contributed by atoms with E-state index in [9.17, 15) is 19.8 Å². The Morgan fingerprint density at radius 1 is 0.692 bits per heavy atom. The molecule has 0 unspecified atom stereocenters. The van der Waals surface area contributed by atoms with Crippen molar-refractivity contribution in [3.8, 4) is 0 Å². The van der Waals surface area contributed by atoms with Crippen LogP contribution in [0, 0.1) is 0 Å². The van der Waals surface area contributed by atoms with Crippen molar-refractivity contribution in [3.05, 3.63) is 0 Å². The zero-order chi connectivity index (χ0) is 6.57. The van der Waals surface area contributed by atoms with Gasteiger partial charge in [-0.05, 0) is 12.8 Å². The molecule has 0 aromatic rings. The zero-order valence-electron chi connectivity index (χ0n) is 9.05. The fraction of sp³-hybridized carbons (Fsp3) is 0.500. The molecule has 0 saturated carbocycles. The van der Waals surface area contributed by atoms with Crippen molar-refractivity contribution >= 4 is 11.9 Å². The SMILES string of the molecule is O=C([O-])CCC(=O)[O-].[Na+].[Na+].[Na+].[Na+].[Na+]. The summed E-state index contributed by atoms with van der Waals surface area (Å²) in [6, 6.07) is 0. The molecule has 0 heterocycles. The minimum absolute atomic E-state index is 0. The summed E-state index contributed by atoms with van der Waals surface area (Å²) < 4.78 is 0. The predicted molar refractivity (Wildman–Crippen MR) is 19.2 cm³/mol. The Bertz CT molecular complexity index is 105. The van der Waals surface area contributed by atoms with Crippen LogP contribution in [-0.2, 0) is 9.59 Å². The average molecular weight is 231 g/mol. The molecule has 0 amide bonds. The molecule has 0 aromatic heterocycles. The van der Waals surface area contributed by atoms with E-state index in [0.29, 0.717) is 0 Å². The van der Waals surface area contributed by atoms with Crippen LogP contribution in [0.25, 0.3) is 0 Å². The third kappa shape index (κ3) is 38.8. The number of hydrogen-bond acceptors (Lipinski definition) is 4. The Labute approximate surface area is 188 Å². The van der Waals surface area contributed by atoms with Gasteiger partial charge in [0.15, 0.2) is 0 Å². The minimum atomic E-state index is -1.37. The summed E-state index contributed by atoms with van der Waals surface area (Å²) in [4.78, 5) is 19.0. The van der Waals surface area contributed by atoms with Crippen LogP contribution in [0.15, 0.2) is 0 Å². The summed E-state index contributed by atoms with van der Waals surface area (Å²) in [5.74, 6) is -2.73. The van der Waals surface area contributed by atoms with E-state index in [-0.39, 0.29) is 148 Å². The Hall–Kier alpha value is 3.94. The van der Waals surface area contributed by atoms with E-state index in [4.69, 9.17) is 0 Å². The first-order valence-corrected chi connectivity index (χ1v) is 2.02. The first-order valence-electron chi connectivity index (χ1n) is 2.02. The molecule has 0 spiro atoms. The van der Waals surface area contributed by atoms with Crippen LogP contribution in [0.1, 0.15) is 12.8 Å². The smallest absolute Gasteiger partial charge is 0.550 e. The summed E-state index contributed by atoms with van der Waals surface area (Å²) in [7, 11) is 0. The number of hydrogen-bond donors (Lipinski definition) is 0. The van der Waals surface area contributed by atoms with Gasteiger partial charge in [-0.3, -0.25) is 0 Å². The van der Waals surface area contributed by atoms with Crippen molar-refractivity contribution in [2.24, 2.45) is 0 Å². The number of carboxylic acid groups (broad SMARTS) is 2. The van der Waals surface area contributed by atoms with Gasteiger partial charge in [0, 0.05) is 11.9 Å². The summed E-state index contributed by atoms with van der Waals surface area (Å²) in [6.45, 7) is 0. The molecule has 0 aliphatic heterocycles. The maximum absolute atomic E-state index is 9.50. The average Bonchev–Trinajstić information content (AvgIpc) is 1.61. The molecule has 0 aromatic carbocycles. The number of rotatable bonds is 3. The van der Waals surface area contributed by atoms with Gasteiger partial charge in [0.1, 0.15) is 0 Å². The van der Waals surface area contributed by atoms with Crippen molar-refractivity contribution in [1.82, 2.24) is 0 Å². The second-order valence-corrected chi connectivity index (χ2v) is 1.24. The largest absolute Gasteiger partial charge is 1.00 e. The molecule has 4 nitrogen and oxygen atoms in total. The molecule has 0 N–H and O–H groups in total. The van der Waals surface area contributed by atoms with Crippen LogP contribution < -0.4 is 158 Å². The molecule has 0 radical (unpaired) electrons. The van der Waals surface area contributed by atoms with Gasteiger partial charge >= 0.3 is 148 Å². The van der Waals surface area contributed by atoms with E-state index in [1.165, 1.54) is 0 Å². The second-order valence-electron chi connectivity index (χ2n) is 1.24. The molecule has 0 aliphatic rings. The third-order valence-electron chi connectivity index (χ3n) is 0.533. The first kappa shape index (κ1) is 36.0. The van der Waals surface area contributed by atoms with Crippen LogP contribution in [0.2, 0.25) is 0 Å². The molecule has 0 atom stereocenters. The summed E-state index contributed by atoms with van der Waals surface area (Å²) in [6.07, 6.45) is -0.940. The fourth-order valence-electron chi connectivity index (χ4n) is 0.204. The van der Waals surface area contributed by atoms with Crippen molar-refractivity contribution in [2.45, 2.75) is 12.8 Å². The normalized spacial score (nSPS) is 5.23. The van der Waals surface area contributed by atoms with E-state index in [2.05, 4.69) is 0 Å². The van der Waals surface area contributed by atoms with Gasteiger partial charge in [-0.25, -0.2) is 0 Å². The van der Waals surface area contributed by atoms with Crippen molar-refractivity contribution in [2.75, 3.05) is 0 Å². The Kier molecular flexibility index (Phi) is 69.0. The molecule has 0 aliphatic carbocycles. The number of carboxylic acids is 2. The van der Waals surface area contributed by atoms with E-state index < -0.39 is 24.8 Å². The minimum Gasteiger partial charge on any atom is -0.550 e. The number of carbonyl (C=O) groups excluding carboxylic acids is 2. The molecule has 9 heteroatoms. The van der Waals surface area contributed by atoms with E-state index in [1.54, 1.807) is 0 Å². The first-order chi connectivity index (χ1) is 3.63. The maximum Gasteiger partial charge on any atom is 1.00 e. The predicted octanol–water partition coefficient (Wildman–Crippen LogP) is -17.7. The van der Waals surface area contributed by atoms with Gasteiger partial charge in [-0.2, -0.15) is 0 Å². The van der Waals surface area contributed by atoms with Crippen molar-refractivity contribution in [1.29, 1.82) is 0 Å². The maximum atomic E-state index is 9.50. The van der Waals surface area contributed by atoms with Crippen LogP contribution >= 0.6 is 0 Å². The number of carbonyl (C=O) groups is 2. The zero-order valence-corrected chi connectivity index (χ0v) is 19.0. The van der Waals surface area contributed by atoms with Gasteiger partial charge in [-0.15, -0.1) is 0 Å². The van der Waals surface area contributed by atoms with Gasteiger partial charge in [0.25, 0.3) is 0 Å². The molecule has 0 bridgehead atoms. The van der Waals surface area contributed by atoms with Gasteiger partial charge in [-0.1, -0.05) is 0 Å². The van der Waals surface area contributed by atoms with E-state index in [0.717, 1.165) is 0 Å². The van der Waals surface area contributed by atoms with E-state index in [1.807, 2.05) is 0 Å². The summed E-state index contributed by atoms with van der Waals surface area (Å²) in [5.41, 5.74) is 0. The Morgan fingerprint density at radius 3 is 0.923 bits per heavy atom. The third-order valence-corrected chi connectivity index (χ3v) is 0.533. The van der Waals surface area contributed by atoms with Crippen molar-refractivity contribution in [3.63, 3.8) is 0 Å². The van der Waals surface area contributed by atoms with Gasteiger partial charge in [0.2, 0.25) is 0 Å². The van der Waals surface area contributed by atoms with Crippen molar-refractivity contribution < 1.29 is 168 Å². The van der Waals surface area contributed by atoms with Crippen LogP contribution in [-0.4, -0.2) is 11.9 Å². The topological polar surface area (TPSA) is 80.3 Å². The standard InChI is InChI=1S/C4H6O4.5Na/c5-3(6)1-2-4(7)8;;;;;/h1-2H2,(H,5,6)(H,7,8);;;;;/q;5*+1/p-2. The van der Waals surface area contributed by atoms with Gasteiger partial charge in [0.05, 0.1) is 0 Å². The second kappa shape index (κ2) is 25.0. The molecule has 0 fully saturated rings. The molecule has 46 valence electrons. The molecule has 0 rings (SSSR count). The summed E-state index contributed by atoms with van der Waals surface area (Å²) >= 11 is 0. The molecule has 13 heavy (non-hydrogen) atoms. The quantitative estimate of drug-likeness (QED) is 0.452. The summed E-state index contributed by atoms with van der Waals surface area (Å²) in [5, 5.41) is 19.0. The van der Waals surface area contributed by atoms with E-state index >= 15 is 0 Å². The van der Waals surface area contributed by atoms with Crippen LogP contribution in [0.4, 0.5) is 0 Å². The van der Waals surface area contributed by atoms with Crippen LogP contribution in [0.3, 0.4) is 0 Å². The van der Waals surface area contributed by atoms with Gasteiger partial charge < -0.3 is 19.8 Å². The fourth-order valence-corrected chi connectivity index (χ4v) is 0.204. The molecular formula is C4H4Na5O4+3. The molecular weight excluding hydrogens is 227 g/mol. The molecule has 0 saturated heterocycles. The monoisotopic (exact) mass is 231 g/mol. The Balaban J connectivity index is -0.0000000245. The van der Waals surface area contributed by atoms with Crippen LogP contribution in [0.5, 0.6) is 0 Å². The Morgan fingerprint density at radius 2 is 0.846 bits per heavy atom.